The smallest absolute Gasteiger partial charge is 0.325 e. The molecule has 4 aromatic rings. The molecule has 2 atom stereocenters. The van der Waals surface area contributed by atoms with Crippen LogP contribution in [0.4, 0.5) is 0 Å². The number of hydrogen-bond donors (Lipinski definition) is 3. The minimum absolute atomic E-state index is 0.110. The van der Waals surface area contributed by atoms with E-state index in [9.17, 15) is 19.5 Å². The van der Waals surface area contributed by atoms with E-state index in [1.165, 1.54) is 55.9 Å². The zero-order chi connectivity index (χ0) is 34.0. The fraction of sp³-hybridized carbons (Fsp3) is 0.395. The Morgan fingerprint density at radius 3 is 2.00 bits per heavy atom. The maximum atomic E-state index is 13.2. The van der Waals surface area contributed by atoms with E-state index in [-0.39, 0.29) is 17.7 Å². The van der Waals surface area contributed by atoms with Crippen molar-refractivity contribution in [2.24, 2.45) is 0 Å². The Morgan fingerprint density at radius 1 is 0.787 bits per heavy atom. The van der Waals surface area contributed by atoms with Gasteiger partial charge in [0.1, 0.15) is 12.1 Å². The van der Waals surface area contributed by atoms with E-state index < -0.39 is 24.0 Å². The molecule has 248 valence electrons. The monoisotopic (exact) mass is 654 g/mol. The lowest BCUT2D eigenvalue weighted by molar-refractivity contribution is -0.141. The molecule has 47 heavy (non-hydrogen) atoms. The predicted molar refractivity (Wildman–Crippen MR) is 189 cm³/mol. The van der Waals surface area contributed by atoms with Crippen molar-refractivity contribution in [3.05, 3.63) is 93.9 Å². The first-order valence-electron chi connectivity index (χ1n) is 16.4. The van der Waals surface area contributed by atoms with Crippen molar-refractivity contribution in [2.75, 3.05) is 0 Å². The number of carbonyl (C=O) groups is 3. The number of benzene rings is 2. The summed E-state index contributed by atoms with van der Waals surface area (Å²) in [7, 11) is 0. The quantitative estimate of drug-likeness (QED) is 0.114. The standard InChI is InChI=1S/C38H46N4O4S/c1-6-7-8-9-10-11-26-12-16-28(17-13-26)30-23-39-34(40-24-30)29-18-14-27(15-19-29)22-31(35(43)41-25(2)37(45)46)42-36(44)32-20-21-33(47-32)38(3,4)5/h12-21,23-25,31H,6-11,22H2,1-5H3,(H,41,43)(H,42,44)(H,45,46). The van der Waals surface area contributed by atoms with E-state index >= 15 is 0 Å². The summed E-state index contributed by atoms with van der Waals surface area (Å²) < 4.78 is 0. The van der Waals surface area contributed by atoms with Crippen molar-refractivity contribution in [2.45, 2.75) is 97.1 Å². The molecule has 2 amide bonds. The van der Waals surface area contributed by atoms with Crippen molar-refractivity contribution in [3.8, 4) is 22.5 Å². The van der Waals surface area contributed by atoms with Crippen LogP contribution in [-0.2, 0) is 27.8 Å². The van der Waals surface area contributed by atoms with Crippen LogP contribution in [0.25, 0.3) is 22.5 Å². The van der Waals surface area contributed by atoms with E-state index in [1.807, 2.05) is 42.7 Å². The number of thiophene rings is 1. The van der Waals surface area contributed by atoms with Gasteiger partial charge in [0.15, 0.2) is 5.82 Å². The Kier molecular flexibility index (Phi) is 12.4. The molecule has 0 saturated heterocycles. The summed E-state index contributed by atoms with van der Waals surface area (Å²) in [5.41, 5.74) is 4.86. The minimum Gasteiger partial charge on any atom is -0.480 e. The number of rotatable bonds is 15. The molecule has 8 nitrogen and oxygen atoms in total. The van der Waals surface area contributed by atoms with Crippen LogP contribution in [0.5, 0.6) is 0 Å². The Bertz CT molecular complexity index is 1620. The molecule has 9 heteroatoms. The predicted octanol–water partition coefficient (Wildman–Crippen LogP) is 7.61. The first-order chi connectivity index (χ1) is 22.4. The van der Waals surface area contributed by atoms with Crippen LogP contribution in [-0.4, -0.2) is 44.9 Å². The molecule has 2 aromatic heterocycles. The third-order valence-corrected chi connectivity index (χ3v) is 9.59. The van der Waals surface area contributed by atoms with E-state index in [0.29, 0.717) is 10.7 Å². The molecule has 4 rings (SSSR count). The SMILES string of the molecule is CCCCCCCc1ccc(-c2cnc(-c3ccc(CC(NC(=O)c4ccc(C(C)(C)C)s4)C(=O)NC(C)C(=O)O)cc3)nc2)cc1. The molecule has 0 aliphatic carbocycles. The molecule has 0 bridgehead atoms. The molecule has 2 aromatic carbocycles. The molecular formula is C38H46N4O4S. The highest BCUT2D eigenvalue weighted by Crippen LogP contribution is 2.29. The van der Waals surface area contributed by atoms with Gasteiger partial charge in [-0.25, -0.2) is 9.97 Å². The summed E-state index contributed by atoms with van der Waals surface area (Å²) in [6, 6.07) is 17.7. The maximum Gasteiger partial charge on any atom is 0.325 e. The first kappa shape index (κ1) is 35.5. The van der Waals surface area contributed by atoms with Crippen molar-refractivity contribution < 1.29 is 19.5 Å². The summed E-state index contributed by atoms with van der Waals surface area (Å²) in [6.07, 6.45) is 11.3. The second kappa shape index (κ2) is 16.5. The van der Waals surface area contributed by atoms with Crippen LogP contribution < -0.4 is 10.6 Å². The Labute approximate surface area is 282 Å². The normalized spacial score (nSPS) is 12.7. The number of hydrogen-bond acceptors (Lipinski definition) is 6. The molecule has 0 spiro atoms. The van der Waals surface area contributed by atoms with E-state index in [0.717, 1.165) is 33.6 Å². The molecule has 2 heterocycles. The number of carbonyl (C=O) groups excluding carboxylic acids is 2. The number of carboxylic acids is 1. The van der Waals surface area contributed by atoms with Crippen LogP contribution in [0, 0.1) is 0 Å². The molecule has 0 aliphatic rings. The van der Waals surface area contributed by atoms with Crippen molar-refractivity contribution in [1.82, 2.24) is 20.6 Å². The second-order valence-corrected chi connectivity index (χ2v) is 14.1. The summed E-state index contributed by atoms with van der Waals surface area (Å²) >= 11 is 1.38. The number of unbranched alkanes of at least 4 members (excludes halogenated alkanes) is 4. The van der Waals surface area contributed by atoms with Crippen LogP contribution >= 0.6 is 11.3 Å². The molecular weight excluding hydrogens is 609 g/mol. The van der Waals surface area contributed by atoms with Gasteiger partial charge in [0, 0.05) is 34.8 Å². The maximum absolute atomic E-state index is 13.2. The van der Waals surface area contributed by atoms with Crippen molar-refractivity contribution in [3.63, 3.8) is 0 Å². The van der Waals surface area contributed by atoms with Crippen LogP contribution in [0.2, 0.25) is 0 Å². The second-order valence-electron chi connectivity index (χ2n) is 13.1. The van der Waals surface area contributed by atoms with Gasteiger partial charge < -0.3 is 15.7 Å². The summed E-state index contributed by atoms with van der Waals surface area (Å²) in [5.74, 6) is -1.52. The van der Waals surface area contributed by atoms with Crippen LogP contribution in [0.1, 0.15) is 92.4 Å². The number of aromatic nitrogens is 2. The first-order valence-corrected chi connectivity index (χ1v) is 17.2. The molecule has 0 radical (unpaired) electrons. The highest BCUT2D eigenvalue weighted by Gasteiger charge is 2.26. The topological polar surface area (TPSA) is 121 Å². The molecule has 0 fully saturated rings. The van der Waals surface area contributed by atoms with Gasteiger partial charge in [-0.05, 0) is 54.0 Å². The number of nitrogens with one attached hydrogen (secondary N) is 2. The minimum atomic E-state index is -1.16. The average molecular weight is 655 g/mol. The molecule has 2 unspecified atom stereocenters. The third kappa shape index (κ3) is 10.3. The van der Waals surface area contributed by atoms with Gasteiger partial charge in [0.25, 0.3) is 5.91 Å². The van der Waals surface area contributed by atoms with Gasteiger partial charge >= 0.3 is 5.97 Å². The summed E-state index contributed by atoms with van der Waals surface area (Å²) in [4.78, 5) is 48.4. The molecule has 3 N–H and O–H groups in total. The highest BCUT2D eigenvalue weighted by atomic mass is 32.1. The average Bonchev–Trinajstić information content (AvgIpc) is 3.57. The third-order valence-electron chi connectivity index (χ3n) is 8.08. The van der Waals surface area contributed by atoms with Crippen molar-refractivity contribution in [1.29, 1.82) is 0 Å². The van der Waals surface area contributed by atoms with Crippen molar-refractivity contribution >= 4 is 29.1 Å². The fourth-order valence-corrected chi connectivity index (χ4v) is 6.09. The Morgan fingerprint density at radius 2 is 1.40 bits per heavy atom. The van der Waals surface area contributed by atoms with Gasteiger partial charge in [-0.15, -0.1) is 11.3 Å². The summed E-state index contributed by atoms with van der Waals surface area (Å²) in [5, 5.41) is 14.6. The lowest BCUT2D eigenvalue weighted by Crippen LogP contribution is -2.51. The Hall–Kier alpha value is -4.37. The largest absolute Gasteiger partial charge is 0.480 e. The zero-order valence-corrected chi connectivity index (χ0v) is 28.8. The van der Waals surface area contributed by atoms with Gasteiger partial charge in [0.05, 0.1) is 4.88 Å². The summed E-state index contributed by atoms with van der Waals surface area (Å²) in [6.45, 7) is 9.84. The van der Waals surface area contributed by atoms with Gasteiger partial charge in [-0.3, -0.25) is 14.4 Å². The zero-order valence-electron chi connectivity index (χ0n) is 28.0. The fourth-order valence-electron chi connectivity index (χ4n) is 5.13. The molecule has 0 saturated carbocycles. The van der Waals surface area contributed by atoms with E-state index in [1.54, 1.807) is 6.07 Å². The van der Waals surface area contributed by atoms with Gasteiger partial charge in [-0.2, -0.15) is 0 Å². The number of carboxylic acid groups (broad SMARTS) is 1. The number of aliphatic carboxylic acids is 1. The Balaban J connectivity index is 1.42. The number of aryl methyl sites for hydroxylation is 1. The number of nitrogens with zero attached hydrogens (tertiary/aromatic N) is 2. The van der Waals surface area contributed by atoms with E-state index in [4.69, 9.17) is 0 Å². The lowest BCUT2D eigenvalue weighted by atomic mass is 9.95. The van der Waals surface area contributed by atoms with E-state index in [2.05, 4.69) is 72.6 Å². The highest BCUT2D eigenvalue weighted by molar-refractivity contribution is 7.14. The van der Waals surface area contributed by atoms with Gasteiger partial charge in [-0.1, -0.05) is 102 Å². The lowest BCUT2D eigenvalue weighted by Gasteiger charge is -2.20. The molecule has 0 aliphatic heterocycles. The van der Waals surface area contributed by atoms with Crippen LogP contribution in [0.3, 0.4) is 0 Å². The van der Waals surface area contributed by atoms with Gasteiger partial charge in [0.2, 0.25) is 5.91 Å². The number of amides is 2. The van der Waals surface area contributed by atoms with Crippen LogP contribution in [0.15, 0.2) is 73.1 Å².